The molecule has 0 amide bonds. The zero-order valence-corrected chi connectivity index (χ0v) is 10.2. The number of benzene rings is 1. The van der Waals surface area contributed by atoms with E-state index in [1.165, 1.54) is 0 Å². The molecule has 0 bridgehead atoms. The van der Waals surface area contributed by atoms with Crippen LogP contribution in [0.25, 0.3) is 0 Å². The number of aliphatic hydroxyl groups excluding tert-OH is 1. The highest BCUT2D eigenvalue weighted by Crippen LogP contribution is 2.40. The van der Waals surface area contributed by atoms with Gasteiger partial charge in [0.25, 0.3) is 0 Å². The van der Waals surface area contributed by atoms with E-state index >= 15 is 0 Å². The number of aliphatic hydroxyl groups is 1. The normalized spacial score (nSPS) is 22.1. The Labute approximate surface area is 106 Å². The number of nitrogens with zero attached hydrogens (tertiary/aromatic N) is 1. The number of aromatic nitrogens is 1. The minimum absolute atomic E-state index is 0.121. The predicted octanol–water partition coefficient (Wildman–Crippen LogP) is 2.95. The molecule has 3 nitrogen and oxygen atoms in total. The van der Waals surface area contributed by atoms with Crippen LogP contribution < -0.4 is 4.74 Å². The summed E-state index contributed by atoms with van der Waals surface area (Å²) >= 11 is 0. The molecule has 92 valence electrons. The summed E-state index contributed by atoms with van der Waals surface area (Å²) in [4.78, 5) is 4.09. The van der Waals surface area contributed by atoms with Crippen LogP contribution in [-0.4, -0.2) is 10.1 Å². The average molecular weight is 241 g/mol. The van der Waals surface area contributed by atoms with Gasteiger partial charge in [-0.1, -0.05) is 17.7 Å². The van der Waals surface area contributed by atoms with Gasteiger partial charge in [0.05, 0.1) is 6.10 Å². The maximum Gasteiger partial charge on any atom is 0.128 e. The first kappa shape index (κ1) is 11.2. The molecule has 1 aliphatic heterocycles. The van der Waals surface area contributed by atoms with E-state index < -0.39 is 6.10 Å². The van der Waals surface area contributed by atoms with Crippen LogP contribution in [0.2, 0.25) is 0 Å². The number of ether oxygens (including phenoxy) is 1. The zero-order valence-electron chi connectivity index (χ0n) is 10.2. The third-order valence-electron chi connectivity index (χ3n) is 3.29. The second kappa shape index (κ2) is 4.42. The van der Waals surface area contributed by atoms with Gasteiger partial charge in [-0.15, -0.1) is 0 Å². The third-order valence-corrected chi connectivity index (χ3v) is 3.29. The molecule has 18 heavy (non-hydrogen) atoms. The van der Waals surface area contributed by atoms with Gasteiger partial charge in [0.15, 0.2) is 0 Å². The van der Waals surface area contributed by atoms with Crippen molar-refractivity contribution in [2.24, 2.45) is 0 Å². The highest BCUT2D eigenvalue weighted by Gasteiger charge is 2.27. The van der Waals surface area contributed by atoms with Crippen LogP contribution in [0.1, 0.15) is 35.3 Å². The second-order valence-corrected chi connectivity index (χ2v) is 4.69. The van der Waals surface area contributed by atoms with E-state index in [-0.39, 0.29) is 6.10 Å². The molecular formula is C15H15NO2. The molecule has 0 spiro atoms. The maximum absolute atomic E-state index is 10.2. The lowest BCUT2D eigenvalue weighted by atomic mass is 9.95. The monoisotopic (exact) mass is 241 g/mol. The van der Waals surface area contributed by atoms with Crippen molar-refractivity contribution in [2.45, 2.75) is 25.6 Å². The molecule has 1 N–H and O–H groups in total. The summed E-state index contributed by atoms with van der Waals surface area (Å²) in [6.45, 7) is 2.01. The highest BCUT2D eigenvalue weighted by atomic mass is 16.5. The average Bonchev–Trinajstić information content (AvgIpc) is 2.40. The Morgan fingerprint density at radius 1 is 1.33 bits per heavy atom. The van der Waals surface area contributed by atoms with Crippen molar-refractivity contribution >= 4 is 0 Å². The van der Waals surface area contributed by atoms with Gasteiger partial charge < -0.3 is 9.84 Å². The predicted molar refractivity (Wildman–Crippen MR) is 68.4 cm³/mol. The van der Waals surface area contributed by atoms with E-state index in [2.05, 4.69) is 4.98 Å². The molecule has 1 unspecified atom stereocenters. The van der Waals surface area contributed by atoms with Crippen molar-refractivity contribution in [1.82, 2.24) is 4.98 Å². The number of fused-ring (bicyclic) bond motifs is 1. The zero-order chi connectivity index (χ0) is 12.5. The van der Waals surface area contributed by atoms with Crippen LogP contribution in [0.5, 0.6) is 5.75 Å². The molecule has 1 aromatic carbocycles. The van der Waals surface area contributed by atoms with Gasteiger partial charge in [-0.05, 0) is 25.1 Å². The lowest BCUT2D eigenvalue weighted by molar-refractivity contribution is 0.0655. The Bertz CT molecular complexity index is 554. The number of pyridine rings is 1. The van der Waals surface area contributed by atoms with Crippen molar-refractivity contribution in [1.29, 1.82) is 0 Å². The summed E-state index contributed by atoms with van der Waals surface area (Å²) < 4.78 is 5.94. The van der Waals surface area contributed by atoms with Crippen molar-refractivity contribution in [3.05, 3.63) is 59.4 Å². The van der Waals surface area contributed by atoms with Crippen LogP contribution in [-0.2, 0) is 0 Å². The van der Waals surface area contributed by atoms with E-state index in [1.807, 2.05) is 37.3 Å². The fraction of sp³-hybridized carbons (Fsp3) is 0.267. The Kier molecular flexibility index (Phi) is 2.76. The van der Waals surface area contributed by atoms with E-state index in [9.17, 15) is 5.11 Å². The number of aryl methyl sites for hydroxylation is 1. The van der Waals surface area contributed by atoms with E-state index in [0.29, 0.717) is 6.42 Å². The summed E-state index contributed by atoms with van der Waals surface area (Å²) in [5.74, 6) is 0.771. The molecule has 0 saturated heterocycles. The summed E-state index contributed by atoms with van der Waals surface area (Å²) in [5, 5.41) is 10.2. The molecule has 0 saturated carbocycles. The van der Waals surface area contributed by atoms with E-state index in [4.69, 9.17) is 4.74 Å². The van der Waals surface area contributed by atoms with Crippen molar-refractivity contribution in [3.8, 4) is 5.75 Å². The lowest BCUT2D eigenvalue weighted by Gasteiger charge is -2.30. The first-order valence-corrected chi connectivity index (χ1v) is 6.09. The summed E-state index contributed by atoms with van der Waals surface area (Å²) in [7, 11) is 0. The standard InChI is InChI=1S/C15H15NO2/c1-10-4-5-14-12(7-10)13(17)8-15(18-14)11-3-2-6-16-9-11/h2-7,9,13,15,17H,8H2,1H3/t13-,15?/m0/s1. The van der Waals surface area contributed by atoms with Crippen LogP contribution in [0, 0.1) is 6.92 Å². The van der Waals surface area contributed by atoms with Gasteiger partial charge in [-0.3, -0.25) is 4.98 Å². The second-order valence-electron chi connectivity index (χ2n) is 4.69. The molecule has 1 aromatic heterocycles. The van der Waals surface area contributed by atoms with Gasteiger partial charge in [-0.2, -0.15) is 0 Å². The molecule has 2 atom stereocenters. The van der Waals surface area contributed by atoms with Gasteiger partial charge in [0, 0.05) is 29.9 Å². The Morgan fingerprint density at radius 2 is 2.22 bits per heavy atom. The van der Waals surface area contributed by atoms with Crippen LogP contribution in [0.3, 0.4) is 0 Å². The topological polar surface area (TPSA) is 42.4 Å². The Balaban J connectivity index is 1.95. The van der Waals surface area contributed by atoms with Crippen molar-refractivity contribution < 1.29 is 9.84 Å². The van der Waals surface area contributed by atoms with Gasteiger partial charge in [0.1, 0.15) is 11.9 Å². The summed E-state index contributed by atoms with van der Waals surface area (Å²) in [5.41, 5.74) is 3.02. The quantitative estimate of drug-likeness (QED) is 0.834. The first-order chi connectivity index (χ1) is 8.74. The molecule has 0 aliphatic carbocycles. The Hall–Kier alpha value is -1.87. The van der Waals surface area contributed by atoms with Crippen LogP contribution in [0.15, 0.2) is 42.7 Å². The molecular weight excluding hydrogens is 226 g/mol. The fourth-order valence-corrected chi connectivity index (χ4v) is 2.34. The SMILES string of the molecule is Cc1ccc2c(c1)[C@@H](O)CC(c1cccnc1)O2. The largest absolute Gasteiger partial charge is 0.485 e. The molecule has 0 radical (unpaired) electrons. The summed E-state index contributed by atoms with van der Waals surface area (Å²) in [6.07, 6.45) is 3.50. The fourth-order valence-electron chi connectivity index (χ4n) is 2.34. The molecule has 3 heteroatoms. The number of hydrogen-bond acceptors (Lipinski definition) is 3. The number of hydrogen-bond donors (Lipinski definition) is 1. The van der Waals surface area contributed by atoms with Crippen molar-refractivity contribution in [3.63, 3.8) is 0 Å². The summed E-state index contributed by atoms with van der Waals surface area (Å²) in [6, 6.07) is 9.77. The Morgan fingerprint density at radius 3 is 3.00 bits per heavy atom. The highest BCUT2D eigenvalue weighted by molar-refractivity contribution is 5.40. The minimum atomic E-state index is -0.473. The minimum Gasteiger partial charge on any atom is -0.485 e. The lowest BCUT2D eigenvalue weighted by Crippen LogP contribution is -2.19. The molecule has 3 rings (SSSR count). The van der Waals surface area contributed by atoms with E-state index in [0.717, 1.165) is 22.4 Å². The molecule has 2 aromatic rings. The molecule has 2 heterocycles. The van der Waals surface area contributed by atoms with Gasteiger partial charge in [-0.25, -0.2) is 0 Å². The molecule has 1 aliphatic rings. The third kappa shape index (κ3) is 1.97. The number of rotatable bonds is 1. The first-order valence-electron chi connectivity index (χ1n) is 6.09. The van der Waals surface area contributed by atoms with E-state index in [1.54, 1.807) is 12.4 Å². The van der Waals surface area contributed by atoms with Crippen LogP contribution in [0.4, 0.5) is 0 Å². The van der Waals surface area contributed by atoms with Gasteiger partial charge >= 0.3 is 0 Å². The maximum atomic E-state index is 10.2. The smallest absolute Gasteiger partial charge is 0.128 e. The van der Waals surface area contributed by atoms with Gasteiger partial charge in [0.2, 0.25) is 0 Å². The van der Waals surface area contributed by atoms with Crippen LogP contribution >= 0.6 is 0 Å². The van der Waals surface area contributed by atoms with Crippen molar-refractivity contribution in [2.75, 3.05) is 0 Å². The molecule has 0 fully saturated rings.